The van der Waals surface area contributed by atoms with Crippen LogP contribution in [0.5, 0.6) is 5.75 Å². The monoisotopic (exact) mass is 242 g/mol. The van der Waals surface area contributed by atoms with Gasteiger partial charge in [0.25, 0.3) is 0 Å². The molecule has 0 saturated carbocycles. The number of benzene rings is 1. The molecule has 1 unspecified atom stereocenters. The van der Waals surface area contributed by atoms with Gasteiger partial charge in [0.05, 0.1) is 12.5 Å². The first kappa shape index (κ1) is 4.65. The number of methoxy groups -OCH3 is 1. The van der Waals surface area contributed by atoms with Crippen LogP contribution in [0, 0.1) is 0 Å². The number of hydrogen-bond donors (Lipinski definition) is 0. The van der Waals surface area contributed by atoms with Gasteiger partial charge in [-0.3, -0.25) is 0 Å². The summed E-state index contributed by atoms with van der Waals surface area (Å²) in [7, 11) is -1.46. The van der Waals surface area contributed by atoms with Gasteiger partial charge in [0.15, 0.2) is 0 Å². The number of aromatic nitrogens is 1. The zero-order chi connectivity index (χ0) is 20.8. The van der Waals surface area contributed by atoms with Crippen LogP contribution >= 0.6 is 0 Å². The van der Waals surface area contributed by atoms with Crippen molar-refractivity contribution < 1.29 is 18.4 Å². The van der Waals surface area contributed by atoms with E-state index in [4.69, 9.17) is 18.4 Å². The van der Waals surface area contributed by atoms with E-state index in [1.165, 1.54) is 29.0 Å². The van der Waals surface area contributed by atoms with E-state index in [2.05, 4.69) is 0 Å². The smallest absolute Gasteiger partial charge is 0.119 e. The molecular formula is C14H20N2O. The summed E-state index contributed by atoms with van der Waals surface area (Å²) in [6.45, 7) is -6.83. The average molecular weight is 242 g/mol. The summed E-state index contributed by atoms with van der Waals surface area (Å²) >= 11 is 0. The molecule has 3 nitrogen and oxygen atoms in total. The van der Waals surface area contributed by atoms with Crippen LogP contribution in [-0.4, -0.2) is 36.6 Å². The van der Waals surface area contributed by atoms with Crippen molar-refractivity contribution in [1.82, 2.24) is 9.47 Å². The highest BCUT2D eigenvalue weighted by atomic mass is 16.5. The Morgan fingerprint density at radius 2 is 2.47 bits per heavy atom. The molecule has 1 heterocycles. The molecule has 0 bridgehead atoms. The van der Waals surface area contributed by atoms with E-state index in [0.29, 0.717) is 15.8 Å². The largest absolute Gasteiger partial charge is 0.497 e. The molecular weight excluding hydrogens is 212 g/mol. The van der Waals surface area contributed by atoms with E-state index < -0.39 is 33.4 Å². The van der Waals surface area contributed by atoms with Crippen molar-refractivity contribution in [2.45, 2.75) is 19.4 Å². The first-order valence-corrected chi connectivity index (χ1v) is 5.06. The Balaban J connectivity index is 2.44. The van der Waals surface area contributed by atoms with Gasteiger partial charge in [-0.1, -0.05) is 0 Å². The molecule has 92 valence electrons. The minimum Gasteiger partial charge on any atom is -0.497 e. The summed E-state index contributed by atoms with van der Waals surface area (Å²) in [4.78, 5) is 0.704. The van der Waals surface area contributed by atoms with Gasteiger partial charge in [-0.2, -0.15) is 0 Å². The lowest BCUT2D eigenvalue weighted by atomic mass is 10.2. The number of rotatable bonds is 4. The summed E-state index contributed by atoms with van der Waals surface area (Å²) in [6.07, 6.45) is 1.47. The number of nitrogens with zero attached hydrogens (tertiary/aromatic N) is 2. The number of likely N-dealkylation sites (N-methyl/N-ethyl adjacent to an activating group) is 1. The van der Waals surface area contributed by atoms with E-state index in [1.54, 1.807) is 6.07 Å². The highest BCUT2D eigenvalue weighted by Crippen LogP contribution is 2.22. The molecule has 0 spiro atoms. The molecule has 0 radical (unpaired) electrons. The number of hydrogen-bond acceptors (Lipinski definition) is 2. The molecule has 1 aromatic carbocycles. The van der Waals surface area contributed by atoms with Crippen molar-refractivity contribution in [3.8, 4) is 5.75 Å². The summed E-state index contributed by atoms with van der Waals surface area (Å²) in [5.41, 5.74) is 0.459. The molecule has 0 aliphatic rings. The Hall–Kier alpha value is -1.48. The van der Waals surface area contributed by atoms with E-state index in [9.17, 15) is 0 Å². The summed E-state index contributed by atoms with van der Waals surface area (Å²) < 4.78 is 81.6. The Labute approximate surface area is 117 Å². The summed E-state index contributed by atoms with van der Waals surface area (Å²) in [5, 5.41) is 0.537. The summed E-state index contributed by atoms with van der Waals surface area (Å²) in [5.74, 6) is 0.105. The van der Waals surface area contributed by atoms with Crippen LogP contribution in [0.15, 0.2) is 30.5 Å². The predicted octanol–water partition coefficient (Wildman–Crippen LogP) is 2.60. The molecule has 0 saturated heterocycles. The fourth-order valence-electron chi connectivity index (χ4n) is 1.59. The normalized spacial score (nSPS) is 26.0. The molecule has 0 aliphatic carbocycles. The molecule has 0 aliphatic heterocycles. The molecule has 0 amide bonds. The lowest BCUT2D eigenvalue weighted by Gasteiger charge is -2.20. The van der Waals surface area contributed by atoms with Crippen LogP contribution < -0.4 is 4.74 Å². The first-order chi connectivity index (χ1) is 12.1. The van der Waals surface area contributed by atoms with Gasteiger partial charge >= 0.3 is 0 Å². The zero-order valence-electron chi connectivity index (χ0n) is 19.3. The SMILES string of the molecule is [2H]C([C@H](N(C)C([2H])([2H])[2H])C([2H])([2H])[2H])n1ccc2cc(OC([2H])([2H])[2H])ccc21. The fourth-order valence-corrected chi connectivity index (χ4v) is 1.59. The standard InChI is InChI=1S/C14H20N2O/c1-11(15(2)3)10-16-8-7-12-9-13(17-4)5-6-14(12)16/h5-9,11H,10H2,1-4H3/t11-/m1/s1/i1D3,2D3,4D3,10D/t10?,11-. The molecule has 0 N–H and O–H groups in total. The van der Waals surface area contributed by atoms with E-state index in [1.807, 2.05) is 0 Å². The second kappa shape index (κ2) is 4.80. The van der Waals surface area contributed by atoms with E-state index >= 15 is 0 Å². The van der Waals surface area contributed by atoms with Gasteiger partial charge in [-0.05, 0) is 45.1 Å². The molecule has 2 atom stereocenters. The van der Waals surface area contributed by atoms with E-state index in [0.717, 1.165) is 7.05 Å². The zero-order valence-corrected chi connectivity index (χ0v) is 9.34. The van der Waals surface area contributed by atoms with Crippen LogP contribution in [-0.2, 0) is 6.52 Å². The van der Waals surface area contributed by atoms with Gasteiger partial charge in [0, 0.05) is 37.9 Å². The lowest BCUT2D eigenvalue weighted by molar-refractivity contribution is 0.286. The quantitative estimate of drug-likeness (QED) is 0.820. The molecule has 1 aromatic heterocycles. The van der Waals surface area contributed by atoms with Crippen molar-refractivity contribution >= 4 is 10.9 Å². The number of fused-ring (bicyclic) bond motifs is 1. The average Bonchev–Trinajstić information content (AvgIpc) is 2.85. The fraction of sp³-hybridized carbons (Fsp3) is 0.429. The van der Waals surface area contributed by atoms with Crippen molar-refractivity contribution in [3.05, 3.63) is 30.5 Å². The third-order valence-electron chi connectivity index (χ3n) is 2.53. The highest BCUT2D eigenvalue weighted by Gasteiger charge is 2.08. The maximum atomic E-state index is 8.42. The molecule has 0 fully saturated rings. The van der Waals surface area contributed by atoms with Crippen molar-refractivity contribution in [2.75, 3.05) is 21.1 Å². The minimum atomic E-state index is -2.71. The van der Waals surface area contributed by atoms with Crippen LogP contribution in [0.4, 0.5) is 0 Å². The van der Waals surface area contributed by atoms with E-state index in [-0.39, 0.29) is 5.75 Å². The second-order valence-electron chi connectivity index (χ2n) is 3.75. The second-order valence-corrected chi connectivity index (χ2v) is 3.75. The van der Waals surface area contributed by atoms with Crippen molar-refractivity contribution in [2.24, 2.45) is 0 Å². The third kappa shape index (κ3) is 2.44. The van der Waals surface area contributed by atoms with Crippen LogP contribution in [0.3, 0.4) is 0 Å². The topological polar surface area (TPSA) is 17.4 Å². The van der Waals surface area contributed by atoms with Crippen molar-refractivity contribution in [3.63, 3.8) is 0 Å². The van der Waals surface area contributed by atoms with Crippen LogP contribution in [0.1, 0.15) is 20.6 Å². The molecule has 17 heavy (non-hydrogen) atoms. The van der Waals surface area contributed by atoms with Gasteiger partial charge in [-0.25, -0.2) is 0 Å². The minimum absolute atomic E-state index is 0.105. The predicted molar refractivity (Wildman–Crippen MR) is 71.6 cm³/mol. The van der Waals surface area contributed by atoms with Gasteiger partial charge < -0.3 is 14.2 Å². The Morgan fingerprint density at radius 3 is 3.24 bits per heavy atom. The van der Waals surface area contributed by atoms with Gasteiger partial charge in [-0.15, -0.1) is 0 Å². The maximum Gasteiger partial charge on any atom is 0.119 e. The van der Waals surface area contributed by atoms with Crippen LogP contribution in [0.2, 0.25) is 0 Å². The number of ether oxygens (including phenoxy) is 1. The maximum absolute atomic E-state index is 8.42. The molecule has 2 aromatic rings. The summed E-state index contributed by atoms with van der Waals surface area (Å²) in [6, 6.07) is 4.36. The van der Waals surface area contributed by atoms with Crippen molar-refractivity contribution in [1.29, 1.82) is 0 Å². The third-order valence-corrected chi connectivity index (χ3v) is 2.53. The molecule has 2 rings (SSSR count). The Kier molecular flexibility index (Phi) is 1.31. The van der Waals surface area contributed by atoms with Gasteiger partial charge in [0.2, 0.25) is 0 Å². The lowest BCUT2D eigenvalue weighted by Crippen LogP contribution is -2.28. The Morgan fingerprint density at radius 1 is 1.53 bits per heavy atom. The van der Waals surface area contributed by atoms with Crippen LogP contribution in [0.25, 0.3) is 10.9 Å². The first-order valence-electron chi connectivity index (χ1n) is 10.1. The molecule has 3 heteroatoms. The van der Waals surface area contributed by atoms with Gasteiger partial charge in [0.1, 0.15) is 5.75 Å². The highest BCUT2D eigenvalue weighted by molar-refractivity contribution is 5.81. The Bertz CT molecular complexity index is 792.